The lowest BCUT2D eigenvalue weighted by atomic mass is 9.99. The first kappa shape index (κ1) is 14.2. The lowest BCUT2D eigenvalue weighted by molar-refractivity contribution is 0.0571. The van der Waals surface area contributed by atoms with E-state index in [2.05, 4.69) is 5.32 Å². The number of thiophene rings is 1. The zero-order valence-electron chi connectivity index (χ0n) is 11.1. The lowest BCUT2D eigenvalue weighted by Crippen LogP contribution is -2.34. The topological polar surface area (TPSA) is 32.3 Å². The molecule has 0 aliphatic carbocycles. The molecule has 1 heterocycles. The summed E-state index contributed by atoms with van der Waals surface area (Å²) >= 11 is 1.57. The smallest absolute Gasteiger partial charge is 0.123 e. The van der Waals surface area contributed by atoms with E-state index in [0.29, 0.717) is 13.1 Å². The van der Waals surface area contributed by atoms with Gasteiger partial charge in [0.25, 0.3) is 0 Å². The average Bonchev–Trinajstić information content (AvgIpc) is 2.86. The predicted octanol–water partition coefficient (Wildman–Crippen LogP) is 3.19. The number of nitrogens with one attached hydrogen (secondary N) is 1. The fraction of sp³-hybridized carbons (Fsp3) is 0.333. The number of aryl methyl sites for hydroxylation is 1. The van der Waals surface area contributed by atoms with Crippen molar-refractivity contribution in [2.24, 2.45) is 0 Å². The molecule has 1 aromatic carbocycles. The molecule has 0 amide bonds. The van der Waals surface area contributed by atoms with Gasteiger partial charge in [-0.3, -0.25) is 0 Å². The van der Waals surface area contributed by atoms with Gasteiger partial charge in [-0.2, -0.15) is 11.3 Å². The molecule has 0 fully saturated rings. The Bertz CT molecular complexity index is 537. The fourth-order valence-corrected chi connectivity index (χ4v) is 2.75. The maximum Gasteiger partial charge on any atom is 0.123 e. The van der Waals surface area contributed by atoms with E-state index in [0.717, 1.165) is 16.7 Å². The molecule has 0 saturated carbocycles. The van der Waals surface area contributed by atoms with Crippen LogP contribution in [0.4, 0.5) is 4.39 Å². The number of rotatable bonds is 5. The summed E-state index contributed by atoms with van der Waals surface area (Å²) in [7, 11) is 0. The summed E-state index contributed by atoms with van der Waals surface area (Å²) in [6.45, 7) is 4.75. The molecule has 1 unspecified atom stereocenters. The van der Waals surface area contributed by atoms with Crippen LogP contribution in [0.3, 0.4) is 0 Å². The standard InChI is InChI=1S/C15H18FNOS/c1-11-7-14(16)4-3-12(11)8-17-10-15(2,18)13-5-6-19-9-13/h3-7,9,17-18H,8,10H2,1-2H3. The third-order valence-corrected chi connectivity index (χ3v) is 3.92. The van der Waals surface area contributed by atoms with Crippen molar-refractivity contribution in [3.8, 4) is 0 Å². The van der Waals surface area contributed by atoms with Crippen LogP contribution >= 0.6 is 11.3 Å². The molecule has 0 saturated heterocycles. The highest BCUT2D eigenvalue weighted by molar-refractivity contribution is 7.08. The van der Waals surface area contributed by atoms with E-state index in [9.17, 15) is 9.50 Å². The van der Waals surface area contributed by atoms with Crippen LogP contribution < -0.4 is 5.32 Å². The number of hydrogen-bond donors (Lipinski definition) is 2. The van der Waals surface area contributed by atoms with Crippen molar-refractivity contribution in [3.05, 3.63) is 57.5 Å². The van der Waals surface area contributed by atoms with Gasteiger partial charge in [0.15, 0.2) is 0 Å². The van der Waals surface area contributed by atoms with E-state index >= 15 is 0 Å². The Morgan fingerprint density at radius 1 is 1.37 bits per heavy atom. The second kappa shape index (κ2) is 5.82. The molecule has 1 atom stereocenters. The van der Waals surface area contributed by atoms with Gasteiger partial charge in [-0.1, -0.05) is 6.07 Å². The summed E-state index contributed by atoms with van der Waals surface area (Å²) in [6, 6.07) is 6.68. The van der Waals surface area contributed by atoms with E-state index < -0.39 is 5.60 Å². The molecule has 1 aromatic heterocycles. The molecule has 19 heavy (non-hydrogen) atoms. The molecule has 4 heteroatoms. The van der Waals surface area contributed by atoms with Gasteiger partial charge in [0, 0.05) is 13.1 Å². The van der Waals surface area contributed by atoms with Crippen molar-refractivity contribution in [2.45, 2.75) is 26.0 Å². The van der Waals surface area contributed by atoms with E-state index in [1.54, 1.807) is 24.3 Å². The number of halogens is 1. The molecule has 0 radical (unpaired) electrons. The van der Waals surface area contributed by atoms with Gasteiger partial charge < -0.3 is 10.4 Å². The van der Waals surface area contributed by atoms with Crippen LogP contribution in [0.2, 0.25) is 0 Å². The molecular formula is C15H18FNOS. The molecule has 0 aliphatic heterocycles. The molecule has 2 rings (SSSR count). The maximum absolute atomic E-state index is 13.0. The molecule has 0 aliphatic rings. The first-order chi connectivity index (χ1) is 8.99. The zero-order chi connectivity index (χ0) is 13.9. The van der Waals surface area contributed by atoms with Crippen molar-refractivity contribution in [2.75, 3.05) is 6.54 Å². The van der Waals surface area contributed by atoms with Gasteiger partial charge in [-0.25, -0.2) is 4.39 Å². The Labute approximate surface area is 116 Å². The van der Waals surface area contributed by atoms with Crippen molar-refractivity contribution in [1.29, 1.82) is 0 Å². The molecule has 0 spiro atoms. The number of aliphatic hydroxyl groups is 1. The molecule has 0 bridgehead atoms. The van der Waals surface area contributed by atoms with Crippen LogP contribution in [-0.2, 0) is 12.1 Å². The Hall–Kier alpha value is -1.23. The van der Waals surface area contributed by atoms with Crippen LogP contribution in [0, 0.1) is 12.7 Å². The Balaban J connectivity index is 1.93. The molecular weight excluding hydrogens is 261 g/mol. The van der Waals surface area contributed by atoms with E-state index in [1.165, 1.54) is 12.1 Å². The zero-order valence-corrected chi connectivity index (χ0v) is 11.9. The molecule has 102 valence electrons. The van der Waals surface area contributed by atoms with Crippen LogP contribution in [0.1, 0.15) is 23.6 Å². The number of hydrogen-bond acceptors (Lipinski definition) is 3. The highest BCUT2D eigenvalue weighted by Crippen LogP contribution is 2.22. The molecule has 2 nitrogen and oxygen atoms in total. The Morgan fingerprint density at radius 3 is 2.79 bits per heavy atom. The summed E-state index contributed by atoms with van der Waals surface area (Å²) < 4.78 is 13.0. The van der Waals surface area contributed by atoms with Gasteiger partial charge in [0.1, 0.15) is 5.82 Å². The van der Waals surface area contributed by atoms with Crippen LogP contribution in [0.5, 0.6) is 0 Å². The first-order valence-electron chi connectivity index (χ1n) is 6.20. The summed E-state index contributed by atoms with van der Waals surface area (Å²) in [6.07, 6.45) is 0. The second-order valence-electron chi connectivity index (χ2n) is 4.96. The largest absolute Gasteiger partial charge is 0.384 e. The van der Waals surface area contributed by atoms with Crippen LogP contribution in [0.15, 0.2) is 35.0 Å². The van der Waals surface area contributed by atoms with E-state index in [-0.39, 0.29) is 5.82 Å². The maximum atomic E-state index is 13.0. The monoisotopic (exact) mass is 279 g/mol. The minimum absolute atomic E-state index is 0.216. The van der Waals surface area contributed by atoms with Crippen LogP contribution in [0.25, 0.3) is 0 Å². The van der Waals surface area contributed by atoms with Crippen molar-refractivity contribution >= 4 is 11.3 Å². The summed E-state index contributed by atoms with van der Waals surface area (Å²) in [5.41, 5.74) is 2.00. The predicted molar refractivity (Wildman–Crippen MR) is 76.7 cm³/mol. The Kier molecular flexibility index (Phi) is 4.34. The van der Waals surface area contributed by atoms with Gasteiger partial charge in [0.05, 0.1) is 5.60 Å². The summed E-state index contributed by atoms with van der Waals surface area (Å²) in [5, 5.41) is 17.5. The third-order valence-electron chi connectivity index (χ3n) is 3.23. The van der Waals surface area contributed by atoms with E-state index in [4.69, 9.17) is 0 Å². The van der Waals surface area contributed by atoms with Crippen molar-refractivity contribution in [1.82, 2.24) is 5.32 Å². The SMILES string of the molecule is Cc1cc(F)ccc1CNCC(C)(O)c1ccsc1. The minimum atomic E-state index is -0.881. The minimum Gasteiger partial charge on any atom is -0.384 e. The fourth-order valence-electron chi connectivity index (χ4n) is 1.97. The molecule has 2 N–H and O–H groups in total. The molecule has 2 aromatic rings. The van der Waals surface area contributed by atoms with Gasteiger partial charge in [-0.05, 0) is 59.5 Å². The first-order valence-corrected chi connectivity index (χ1v) is 7.14. The van der Waals surface area contributed by atoms with Crippen molar-refractivity contribution in [3.63, 3.8) is 0 Å². The average molecular weight is 279 g/mol. The third kappa shape index (κ3) is 3.62. The van der Waals surface area contributed by atoms with Gasteiger partial charge >= 0.3 is 0 Å². The highest BCUT2D eigenvalue weighted by Gasteiger charge is 2.22. The van der Waals surface area contributed by atoms with Gasteiger partial charge in [0.2, 0.25) is 0 Å². The van der Waals surface area contributed by atoms with Crippen molar-refractivity contribution < 1.29 is 9.50 Å². The summed E-state index contributed by atoms with van der Waals surface area (Å²) in [5.74, 6) is -0.216. The second-order valence-corrected chi connectivity index (χ2v) is 5.74. The Morgan fingerprint density at radius 2 is 2.16 bits per heavy atom. The lowest BCUT2D eigenvalue weighted by Gasteiger charge is -2.23. The highest BCUT2D eigenvalue weighted by atomic mass is 32.1. The van der Waals surface area contributed by atoms with E-state index in [1.807, 2.05) is 23.8 Å². The van der Waals surface area contributed by atoms with Crippen LogP contribution in [-0.4, -0.2) is 11.7 Å². The van der Waals surface area contributed by atoms with Gasteiger partial charge in [-0.15, -0.1) is 0 Å². The number of benzene rings is 1. The quantitative estimate of drug-likeness (QED) is 0.881. The normalized spacial score (nSPS) is 14.3. The summed E-state index contributed by atoms with van der Waals surface area (Å²) in [4.78, 5) is 0.